The number of hydrogen-bond donors (Lipinski definition) is 3. The van der Waals surface area contributed by atoms with Crippen molar-refractivity contribution in [3.05, 3.63) is 83.4 Å². The Hall–Kier alpha value is -3.51. The first-order chi connectivity index (χ1) is 14.0. The molecule has 0 unspecified atom stereocenters. The first kappa shape index (κ1) is 20.2. The van der Waals surface area contributed by atoms with Crippen LogP contribution in [0.3, 0.4) is 0 Å². The van der Waals surface area contributed by atoms with Crippen molar-refractivity contribution in [2.45, 2.75) is 0 Å². The minimum atomic E-state index is -0.267. The molecule has 6 nitrogen and oxygen atoms in total. The van der Waals surface area contributed by atoms with Gasteiger partial charge in [0.1, 0.15) is 5.75 Å². The van der Waals surface area contributed by atoms with Crippen molar-refractivity contribution in [2.24, 2.45) is 0 Å². The third-order valence-corrected chi connectivity index (χ3v) is 4.33. The molecule has 0 heterocycles. The van der Waals surface area contributed by atoms with Gasteiger partial charge in [-0.2, -0.15) is 0 Å². The summed E-state index contributed by atoms with van der Waals surface area (Å²) in [5.41, 5.74) is 2.33. The molecular weight excluding hydrogens is 390 g/mol. The predicted octanol–water partition coefficient (Wildman–Crippen LogP) is 4.65. The van der Waals surface area contributed by atoms with E-state index in [-0.39, 0.29) is 18.4 Å². The van der Waals surface area contributed by atoms with Gasteiger partial charge in [-0.05, 0) is 48.5 Å². The van der Waals surface area contributed by atoms with Crippen molar-refractivity contribution in [2.75, 3.05) is 29.6 Å². The van der Waals surface area contributed by atoms with Crippen LogP contribution in [-0.4, -0.2) is 25.5 Å². The molecular formula is C22H20ClN3O3. The lowest BCUT2D eigenvalue weighted by molar-refractivity contribution is -0.114. The average molecular weight is 410 g/mol. The predicted molar refractivity (Wildman–Crippen MR) is 116 cm³/mol. The van der Waals surface area contributed by atoms with E-state index in [2.05, 4.69) is 16.0 Å². The van der Waals surface area contributed by atoms with Gasteiger partial charge in [0.25, 0.3) is 5.91 Å². The molecule has 0 saturated carbocycles. The molecule has 2 amide bonds. The van der Waals surface area contributed by atoms with E-state index in [1.54, 1.807) is 73.8 Å². The maximum Gasteiger partial charge on any atom is 0.255 e. The highest BCUT2D eigenvalue weighted by Crippen LogP contribution is 2.22. The molecule has 3 aromatic rings. The molecule has 0 bridgehead atoms. The van der Waals surface area contributed by atoms with Crippen LogP contribution in [0.4, 0.5) is 17.1 Å². The summed E-state index contributed by atoms with van der Waals surface area (Å²) >= 11 is 5.86. The molecule has 148 valence electrons. The summed E-state index contributed by atoms with van der Waals surface area (Å²) in [6.07, 6.45) is 0. The number of rotatable bonds is 7. The Labute approximate surface area is 173 Å². The number of anilines is 3. The molecule has 0 aromatic heterocycles. The molecule has 0 atom stereocenters. The SMILES string of the molecule is COc1cccc(NC(=O)CNc2ccccc2NC(=O)c2ccc(Cl)cc2)c1. The van der Waals surface area contributed by atoms with E-state index in [0.717, 1.165) is 0 Å². The first-order valence-corrected chi connectivity index (χ1v) is 9.26. The van der Waals surface area contributed by atoms with Gasteiger partial charge < -0.3 is 20.7 Å². The zero-order valence-corrected chi connectivity index (χ0v) is 16.5. The van der Waals surface area contributed by atoms with Gasteiger partial charge in [-0.25, -0.2) is 0 Å². The fraction of sp³-hybridized carbons (Fsp3) is 0.0909. The lowest BCUT2D eigenvalue weighted by Crippen LogP contribution is -2.22. The van der Waals surface area contributed by atoms with Crippen LogP contribution in [0.1, 0.15) is 10.4 Å². The number of benzene rings is 3. The number of nitrogens with one attached hydrogen (secondary N) is 3. The van der Waals surface area contributed by atoms with Gasteiger partial charge in [0.15, 0.2) is 0 Å². The van der Waals surface area contributed by atoms with Gasteiger partial charge >= 0.3 is 0 Å². The largest absolute Gasteiger partial charge is 0.497 e. The van der Waals surface area contributed by atoms with E-state index in [9.17, 15) is 9.59 Å². The Morgan fingerprint density at radius 3 is 2.34 bits per heavy atom. The van der Waals surface area contributed by atoms with Gasteiger partial charge in [-0.15, -0.1) is 0 Å². The monoisotopic (exact) mass is 409 g/mol. The highest BCUT2D eigenvalue weighted by Gasteiger charge is 2.10. The smallest absolute Gasteiger partial charge is 0.255 e. The van der Waals surface area contributed by atoms with Gasteiger partial charge in [0.05, 0.1) is 25.0 Å². The highest BCUT2D eigenvalue weighted by atomic mass is 35.5. The highest BCUT2D eigenvalue weighted by molar-refractivity contribution is 6.30. The van der Waals surface area contributed by atoms with Crippen LogP contribution in [0.2, 0.25) is 5.02 Å². The van der Waals surface area contributed by atoms with E-state index in [0.29, 0.717) is 33.4 Å². The second-order valence-corrected chi connectivity index (χ2v) is 6.58. The fourth-order valence-electron chi connectivity index (χ4n) is 2.62. The number of carbonyl (C=O) groups is 2. The van der Waals surface area contributed by atoms with E-state index in [1.165, 1.54) is 0 Å². The second-order valence-electron chi connectivity index (χ2n) is 6.14. The van der Waals surface area contributed by atoms with Gasteiger partial charge in [-0.1, -0.05) is 29.8 Å². The molecule has 0 fully saturated rings. The Morgan fingerprint density at radius 2 is 1.62 bits per heavy atom. The minimum Gasteiger partial charge on any atom is -0.497 e. The average Bonchev–Trinajstić information content (AvgIpc) is 2.73. The number of para-hydroxylation sites is 2. The number of halogens is 1. The van der Waals surface area contributed by atoms with Crippen LogP contribution in [0.5, 0.6) is 5.75 Å². The topological polar surface area (TPSA) is 79.5 Å². The summed E-state index contributed by atoms with van der Waals surface area (Å²) < 4.78 is 5.15. The molecule has 0 aliphatic carbocycles. The Morgan fingerprint density at radius 1 is 0.897 bits per heavy atom. The maximum atomic E-state index is 12.4. The molecule has 0 aliphatic rings. The zero-order valence-electron chi connectivity index (χ0n) is 15.7. The van der Waals surface area contributed by atoms with E-state index in [4.69, 9.17) is 16.3 Å². The molecule has 7 heteroatoms. The molecule has 0 spiro atoms. The van der Waals surface area contributed by atoms with Crippen LogP contribution < -0.4 is 20.7 Å². The van der Waals surface area contributed by atoms with Gasteiger partial charge in [-0.3, -0.25) is 9.59 Å². The van der Waals surface area contributed by atoms with Crippen molar-refractivity contribution in [3.63, 3.8) is 0 Å². The van der Waals surface area contributed by atoms with Crippen LogP contribution in [-0.2, 0) is 4.79 Å². The molecule has 0 radical (unpaired) electrons. The quantitative estimate of drug-likeness (QED) is 0.530. The van der Waals surface area contributed by atoms with Crippen LogP contribution in [0.15, 0.2) is 72.8 Å². The van der Waals surface area contributed by atoms with E-state index in [1.807, 2.05) is 6.07 Å². The lowest BCUT2D eigenvalue weighted by Gasteiger charge is -2.13. The minimum absolute atomic E-state index is 0.0328. The van der Waals surface area contributed by atoms with E-state index >= 15 is 0 Å². The summed E-state index contributed by atoms with van der Waals surface area (Å²) in [6.45, 7) is 0.0328. The standard InChI is InChI=1S/C22H20ClN3O3/c1-29-18-6-4-5-17(13-18)25-21(27)14-24-19-7-2-3-8-20(19)26-22(28)15-9-11-16(23)12-10-15/h2-13,24H,14H2,1H3,(H,25,27)(H,26,28). The lowest BCUT2D eigenvalue weighted by atomic mass is 10.2. The summed E-state index contributed by atoms with van der Waals surface area (Å²) in [6, 6.07) is 20.9. The fourth-order valence-corrected chi connectivity index (χ4v) is 2.75. The molecule has 0 saturated heterocycles. The first-order valence-electron chi connectivity index (χ1n) is 8.89. The third-order valence-electron chi connectivity index (χ3n) is 4.07. The summed E-state index contributed by atoms with van der Waals surface area (Å²) in [7, 11) is 1.57. The van der Waals surface area contributed by atoms with Crippen molar-refractivity contribution in [3.8, 4) is 5.75 Å². The van der Waals surface area contributed by atoms with Crippen molar-refractivity contribution >= 4 is 40.5 Å². The summed E-state index contributed by atoms with van der Waals surface area (Å²) in [4.78, 5) is 24.7. The molecule has 29 heavy (non-hydrogen) atoms. The van der Waals surface area contributed by atoms with E-state index < -0.39 is 0 Å². The van der Waals surface area contributed by atoms with Crippen molar-refractivity contribution in [1.29, 1.82) is 0 Å². The number of hydrogen-bond acceptors (Lipinski definition) is 4. The van der Waals surface area contributed by atoms with Gasteiger partial charge in [0.2, 0.25) is 5.91 Å². The van der Waals surface area contributed by atoms with Crippen molar-refractivity contribution < 1.29 is 14.3 Å². The molecule has 3 N–H and O–H groups in total. The Bertz CT molecular complexity index is 1010. The van der Waals surface area contributed by atoms with Crippen LogP contribution >= 0.6 is 11.6 Å². The summed E-state index contributed by atoms with van der Waals surface area (Å²) in [5.74, 6) is 0.167. The third kappa shape index (κ3) is 5.73. The normalized spacial score (nSPS) is 10.1. The Balaban J connectivity index is 1.62. The molecule has 3 aromatic carbocycles. The maximum absolute atomic E-state index is 12.4. The molecule has 0 aliphatic heterocycles. The number of amides is 2. The molecule has 3 rings (SSSR count). The number of carbonyl (C=O) groups excluding carboxylic acids is 2. The second kappa shape index (κ2) is 9.61. The summed E-state index contributed by atoms with van der Waals surface area (Å²) in [5, 5.41) is 9.25. The number of ether oxygens (including phenoxy) is 1. The Kier molecular flexibility index (Phi) is 6.71. The van der Waals surface area contributed by atoms with Crippen LogP contribution in [0, 0.1) is 0 Å². The van der Waals surface area contributed by atoms with Gasteiger partial charge in [0, 0.05) is 22.3 Å². The van der Waals surface area contributed by atoms with Crippen LogP contribution in [0.25, 0.3) is 0 Å². The zero-order chi connectivity index (χ0) is 20.6. The van der Waals surface area contributed by atoms with Crippen molar-refractivity contribution in [1.82, 2.24) is 0 Å². The number of methoxy groups -OCH3 is 1.